The Bertz CT molecular complexity index is 1420. The van der Waals surface area contributed by atoms with Crippen molar-refractivity contribution in [1.82, 2.24) is 10.0 Å². The molecule has 0 bridgehead atoms. The number of nitro benzene ring substituents is 1. The van der Waals surface area contributed by atoms with Crippen molar-refractivity contribution >= 4 is 40.0 Å². The van der Waals surface area contributed by atoms with E-state index in [2.05, 4.69) is 5.32 Å². The van der Waals surface area contributed by atoms with Gasteiger partial charge in [-0.3, -0.25) is 19.1 Å². The van der Waals surface area contributed by atoms with Gasteiger partial charge < -0.3 is 29.0 Å². The van der Waals surface area contributed by atoms with E-state index in [1.54, 1.807) is 48.5 Å². The minimum Gasteiger partial charge on any atom is -0.462 e. The highest BCUT2D eigenvalue weighted by Gasteiger charge is 2.55. The fraction of sp³-hybridized carbons (Fsp3) is 0.633. The molecule has 0 saturated carbocycles. The number of fused-ring (bicyclic) bond motifs is 1. The summed E-state index contributed by atoms with van der Waals surface area (Å²) in [5, 5.41) is 13.2. The number of alkyl carbamates (subject to hydrolysis) is 1. The van der Waals surface area contributed by atoms with Crippen molar-refractivity contribution in [2.75, 3.05) is 13.2 Å². The Morgan fingerprint density at radius 2 is 1.72 bits per heavy atom. The lowest BCUT2D eigenvalue weighted by Gasteiger charge is -2.26. The summed E-state index contributed by atoms with van der Waals surface area (Å²) in [5.41, 5.74) is -0.338. The Balaban J connectivity index is 1.55. The number of amides is 2. The molecule has 0 aromatic heterocycles. The van der Waals surface area contributed by atoms with Crippen molar-refractivity contribution in [3.8, 4) is 0 Å². The van der Waals surface area contributed by atoms with E-state index in [0.29, 0.717) is 12.0 Å². The number of rotatable bonds is 14. The molecule has 2 aliphatic rings. The first-order valence-electron chi connectivity index (χ1n) is 15.1. The second-order valence-electron chi connectivity index (χ2n) is 12.6. The number of hydrogen-bond donors (Lipinski definition) is 2. The number of carbonyl (C=O) groups excluding carboxylic acids is 3. The molecule has 16 nitrogen and oxygen atoms in total. The Kier molecular flexibility index (Phi) is 12.5. The third-order valence-corrected chi connectivity index (χ3v) is 8.09. The Labute approximate surface area is 273 Å². The highest BCUT2D eigenvalue weighted by molar-refractivity contribution is 7.85. The molecule has 6 unspecified atom stereocenters. The SMILES string of the molecule is CCC(C)C(NC(=O)OC(C)(C)C)C(=O)NS(=O)(=O)OCC1OC(CCOC(=O)C=Cc2ccc([N+](=O)[O-])cc2)C2OC(C)(C)OC12. The largest absolute Gasteiger partial charge is 0.462 e. The molecule has 2 heterocycles. The molecule has 2 aliphatic heterocycles. The van der Waals surface area contributed by atoms with Gasteiger partial charge in [-0.1, -0.05) is 20.3 Å². The number of hydrogen-bond acceptors (Lipinski definition) is 13. The highest BCUT2D eigenvalue weighted by atomic mass is 32.2. The zero-order valence-electron chi connectivity index (χ0n) is 27.4. The van der Waals surface area contributed by atoms with E-state index in [1.807, 2.05) is 4.72 Å². The molecule has 0 radical (unpaired) electrons. The number of benzene rings is 1. The van der Waals surface area contributed by atoms with Gasteiger partial charge in [-0.15, -0.1) is 0 Å². The molecule has 1 aromatic carbocycles. The van der Waals surface area contributed by atoms with Crippen LogP contribution in [-0.2, 0) is 47.8 Å². The van der Waals surface area contributed by atoms with E-state index in [4.69, 9.17) is 27.9 Å². The van der Waals surface area contributed by atoms with Crippen LogP contribution in [0.1, 0.15) is 66.9 Å². The van der Waals surface area contributed by atoms with Gasteiger partial charge in [0.25, 0.3) is 11.6 Å². The zero-order chi connectivity index (χ0) is 35.2. The van der Waals surface area contributed by atoms with Gasteiger partial charge in [0.05, 0.1) is 24.2 Å². The van der Waals surface area contributed by atoms with Crippen LogP contribution in [-0.4, -0.2) is 86.4 Å². The van der Waals surface area contributed by atoms with Crippen LogP contribution in [0.4, 0.5) is 10.5 Å². The number of nitrogens with one attached hydrogen (secondary N) is 2. The standard InChI is InChI=1S/C30H43N3O13S/c1-8-18(2)24(31-28(36)46-29(3,4)5)27(35)32-47(39,40)42-17-22-26-25(44-30(6,7)45-26)21(43-22)15-16-41-23(34)14-11-19-9-12-20(13-10-19)33(37)38/h9-14,18,21-22,24-26H,8,15-17H2,1-7H3,(H,31,36)(H,32,35). The van der Waals surface area contributed by atoms with E-state index >= 15 is 0 Å². The summed E-state index contributed by atoms with van der Waals surface area (Å²) in [6, 6.07) is 4.40. The third kappa shape index (κ3) is 11.5. The minimum atomic E-state index is -4.64. The predicted octanol–water partition coefficient (Wildman–Crippen LogP) is 3.15. The quantitative estimate of drug-likeness (QED) is 0.125. The summed E-state index contributed by atoms with van der Waals surface area (Å²) in [7, 11) is -4.64. The van der Waals surface area contributed by atoms with E-state index in [9.17, 15) is 32.9 Å². The monoisotopic (exact) mass is 685 g/mol. The van der Waals surface area contributed by atoms with Crippen molar-refractivity contribution < 1.29 is 55.6 Å². The van der Waals surface area contributed by atoms with Crippen LogP contribution in [0.15, 0.2) is 30.3 Å². The zero-order valence-corrected chi connectivity index (χ0v) is 28.2. The molecule has 2 N–H and O–H groups in total. The van der Waals surface area contributed by atoms with Crippen molar-refractivity contribution in [1.29, 1.82) is 0 Å². The van der Waals surface area contributed by atoms with Gasteiger partial charge in [0, 0.05) is 24.6 Å². The van der Waals surface area contributed by atoms with Gasteiger partial charge in [-0.2, -0.15) is 8.42 Å². The predicted molar refractivity (Wildman–Crippen MR) is 166 cm³/mol. The molecule has 2 amide bonds. The van der Waals surface area contributed by atoms with Gasteiger partial charge in [0.1, 0.15) is 30.0 Å². The molecule has 2 fully saturated rings. The van der Waals surface area contributed by atoms with Crippen LogP contribution in [0.5, 0.6) is 0 Å². The third-order valence-electron chi connectivity index (χ3n) is 7.19. The minimum absolute atomic E-state index is 0.0648. The molecule has 1 aromatic rings. The first-order valence-corrected chi connectivity index (χ1v) is 16.5. The van der Waals surface area contributed by atoms with Crippen molar-refractivity contribution in [3.63, 3.8) is 0 Å². The van der Waals surface area contributed by atoms with Gasteiger partial charge in [0.2, 0.25) is 0 Å². The summed E-state index contributed by atoms with van der Waals surface area (Å²) < 4.78 is 60.8. The van der Waals surface area contributed by atoms with Gasteiger partial charge in [-0.05, 0) is 64.3 Å². The Morgan fingerprint density at radius 1 is 1.11 bits per heavy atom. The van der Waals surface area contributed by atoms with Crippen LogP contribution in [0.2, 0.25) is 0 Å². The highest BCUT2D eigenvalue weighted by Crippen LogP contribution is 2.40. The number of ether oxygens (including phenoxy) is 5. The van der Waals surface area contributed by atoms with E-state index in [-0.39, 0.29) is 18.7 Å². The molecular formula is C30H43N3O13S. The summed E-state index contributed by atoms with van der Waals surface area (Å²) >= 11 is 0. The average molecular weight is 686 g/mol. The lowest BCUT2D eigenvalue weighted by Crippen LogP contribution is -2.52. The normalized spacial score (nSPS) is 23.5. The molecule has 47 heavy (non-hydrogen) atoms. The fourth-order valence-electron chi connectivity index (χ4n) is 4.84. The number of carbonyl (C=O) groups is 3. The number of nitrogens with zero attached hydrogens (tertiary/aromatic N) is 1. The maximum Gasteiger partial charge on any atom is 0.408 e. The smallest absolute Gasteiger partial charge is 0.408 e. The number of esters is 1. The van der Waals surface area contributed by atoms with Crippen molar-refractivity contribution in [2.24, 2.45) is 5.92 Å². The lowest BCUT2D eigenvalue weighted by atomic mass is 9.99. The summed E-state index contributed by atoms with van der Waals surface area (Å²) in [5.74, 6) is -3.10. The van der Waals surface area contributed by atoms with Crippen molar-refractivity contribution in [2.45, 2.75) is 103 Å². The first kappa shape index (κ1) is 37.8. The van der Waals surface area contributed by atoms with Crippen LogP contribution >= 0.6 is 0 Å². The fourth-order valence-corrected chi connectivity index (χ4v) is 5.59. The maximum absolute atomic E-state index is 12.9. The second kappa shape index (κ2) is 15.5. The molecule has 17 heteroatoms. The Hall–Kier alpha value is -3.64. The first-order chi connectivity index (χ1) is 21.8. The molecule has 0 spiro atoms. The van der Waals surface area contributed by atoms with Crippen molar-refractivity contribution in [3.05, 3.63) is 46.0 Å². The maximum atomic E-state index is 12.9. The van der Waals surface area contributed by atoms with E-state index < -0.39 is 87.6 Å². The van der Waals surface area contributed by atoms with Crippen LogP contribution in [0, 0.1) is 16.0 Å². The van der Waals surface area contributed by atoms with E-state index in [1.165, 1.54) is 36.4 Å². The Morgan fingerprint density at radius 3 is 2.30 bits per heavy atom. The van der Waals surface area contributed by atoms with Crippen LogP contribution < -0.4 is 10.0 Å². The average Bonchev–Trinajstić information content (AvgIpc) is 3.45. The molecule has 6 atom stereocenters. The molecular weight excluding hydrogens is 642 g/mol. The number of non-ortho nitro benzene ring substituents is 1. The second-order valence-corrected chi connectivity index (χ2v) is 14.0. The summed E-state index contributed by atoms with van der Waals surface area (Å²) in [6.07, 6.45) is -0.511. The van der Waals surface area contributed by atoms with Crippen LogP contribution in [0.3, 0.4) is 0 Å². The van der Waals surface area contributed by atoms with E-state index in [0.717, 1.165) is 0 Å². The topological polar surface area (TPSA) is 208 Å². The molecule has 262 valence electrons. The van der Waals surface area contributed by atoms with Gasteiger partial charge >= 0.3 is 22.4 Å². The van der Waals surface area contributed by atoms with Crippen LogP contribution in [0.25, 0.3) is 6.08 Å². The molecule has 0 aliphatic carbocycles. The van der Waals surface area contributed by atoms with Gasteiger partial charge in [0.15, 0.2) is 5.79 Å². The summed E-state index contributed by atoms with van der Waals surface area (Å²) in [4.78, 5) is 47.7. The summed E-state index contributed by atoms with van der Waals surface area (Å²) in [6.45, 7) is 11.2. The molecule has 2 saturated heterocycles. The molecule has 3 rings (SSSR count). The van der Waals surface area contributed by atoms with Gasteiger partial charge in [-0.25, -0.2) is 14.3 Å². The lowest BCUT2D eigenvalue weighted by molar-refractivity contribution is -0.384. The number of nitro groups is 1.